The Labute approximate surface area is 114 Å². The second-order valence-corrected chi connectivity index (χ2v) is 4.17. The summed E-state index contributed by atoms with van der Waals surface area (Å²) in [6.07, 6.45) is 0. The molecule has 1 N–H and O–H groups in total. The summed E-state index contributed by atoms with van der Waals surface area (Å²) in [5.74, 6) is 2.52. The van der Waals surface area contributed by atoms with E-state index >= 15 is 0 Å². The van der Waals surface area contributed by atoms with Crippen molar-refractivity contribution >= 4 is 0 Å². The van der Waals surface area contributed by atoms with Crippen LogP contribution in [-0.2, 0) is 6.54 Å². The number of hydrogen-bond donors (Lipinski definition) is 1. The molecule has 0 fully saturated rings. The van der Waals surface area contributed by atoms with Crippen LogP contribution < -0.4 is 14.8 Å². The lowest BCUT2D eigenvalue weighted by Crippen LogP contribution is -2.12. The van der Waals surface area contributed by atoms with Crippen LogP contribution >= 0.6 is 0 Å². The molecule has 0 heterocycles. The number of rotatable bonds is 6. The van der Waals surface area contributed by atoms with Crippen molar-refractivity contribution in [1.29, 1.82) is 0 Å². The van der Waals surface area contributed by atoms with E-state index < -0.39 is 0 Å². The van der Waals surface area contributed by atoms with Crippen molar-refractivity contribution in [2.75, 3.05) is 13.7 Å². The molecule has 0 amide bonds. The molecule has 0 spiro atoms. The zero-order chi connectivity index (χ0) is 13.5. The Morgan fingerprint density at radius 2 is 1.63 bits per heavy atom. The fourth-order valence-corrected chi connectivity index (χ4v) is 1.78. The predicted molar refractivity (Wildman–Crippen MR) is 76.9 cm³/mol. The largest absolute Gasteiger partial charge is 0.497 e. The molecule has 0 aliphatic rings. The first-order valence-electron chi connectivity index (χ1n) is 6.44. The molecule has 0 unspecified atom stereocenters. The van der Waals surface area contributed by atoms with Crippen molar-refractivity contribution in [2.45, 2.75) is 13.5 Å². The molecule has 0 aliphatic heterocycles. The summed E-state index contributed by atoms with van der Waals surface area (Å²) < 4.78 is 11.0. The Hall–Kier alpha value is -2.00. The Morgan fingerprint density at radius 1 is 0.947 bits per heavy atom. The van der Waals surface area contributed by atoms with Crippen LogP contribution in [0.1, 0.15) is 12.5 Å². The van der Waals surface area contributed by atoms with E-state index in [1.165, 1.54) is 0 Å². The third-order valence-electron chi connectivity index (χ3n) is 2.83. The third-order valence-corrected chi connectivity index (χ3v) is 2.83. The highest BCUT2D eigenvalue weighted by Crippen LogP contribution is 2.26. The minimum absolute atomic E-state index is 0.808. The van der Waals surface area contributed by atoms with Gasteiger partial charge >= 0.3 is 0 Å². The van der Waals surface area contributed by atoms with E-state index in [1.807, 2.05) is 42.5 Å². The summed E-state index contributed by atoms with van der Waals surface area (Å²) in [5, 5.41) is 3.31. The zero-order valence-electron chi connectivity index (χ0n) is 11.3. The van der Waals surface area contributed by atoms with Crippen molar-refractivity contribution in [3.63, 3.8) is 0 Å². The van der Waals surface area contributed by atoms with Gasteiger partial charge in [-0.15, -0.1) is 0 Å². The minimum atomic E-state index is 0.808. The van der Waals surface area contributed by atoms with E-state index in [0.29, 0.717) is 0 Å². The molecule has 0 radical (unpaired) electrons. The lowest BCUT2D eigenvalue weighted by atomic mass is 10.2. The van der Waals surface area contributed by atoms with Crippen LogP contribution in [0.5, 0.6) is 17.2 Å². The lowest BCUT2D eigenvalue weighted by Gasteiger charge is -2.11. The molecule has 19 heavy (non-hydrogen) atoms. The van der Waals surface area contributed by atoms with Crippen molar-refractivity contribution in [3.8, 4) is 17.2 Å². The third kappa shape index (κ3) is 3.73. The molecule has 2 aromatic rings. The van der Waals surface area contributed by atoms with Gasteiger partial charge in [0.15, 0.2) is 0 Å². The maximum atomic E-state index is 5.91. The number of hydrogen-bond acceptors (Lipinski definition) is 3. The highest BCUT2D eigenvalue weighted by Gasteiger charge is 2.04. The second-order valence-electron chi connectivity index (χ2n) is 4.17. The number of ether oxygens (including phenoxy) is 2. The molecular weight excluding hydrogens is 238 g/mol. The van der Waals surface area contributed by atoms with Gasteiger partial charge in [0, 0.05) is 12.1 Å². The first-order chi connectivity index (χ1) is 9.33. The highest BCUT2D eigenvalue weighted by atomic mass is 16.5. The second kappa shape index (κ2) is 6.81. The average molecular weight is 257 g/mol. The van der Waals surface area contributed by atoms with Crippen molar-refractivity contribution < 1.29 is 9.47 Å². The lowest BCUT2D eigenvalue weighted by molar-refractivity contribution is 0.412. The van der Waals surface area contributed by atoms with Gasteiger partial charge in [-0.2, -0.15) is 0 Å². The van der Waals surface area contributed by atoms with Crippen molar-refractivity contribution in [1.82, 2.24) is 5.32 Å². The standard InChI is InChI=1S/C16H19NO2/c1-3-17-12-13-6-4-5-7-16(13)19-15-10-8-14(18-2)9-11-15/h4-11,17H,3,12H2,1-2H3. The number of methoxy groups -OCH3 is 1. The first-order valence-corrected chi connectivity index (χ1v) is 6.44. The van der Waals surface area contributed by atoms with E-state index in [1.54, 1.807) is 7.11 Å². The van der Waals surface area contributed by atoms with E-state index in [0.717, 1.165) is 35.9 Å². The Balaban J connectivity index is 2.12. The Bertz CT molecular complexity index is 508. The smallest absolute Gasteiger partial charge is 0.131 e. The first kappa shape index (κ1) is 13.4. The summed E-state index contributed by atoms with van der Waals surface area (Å²) >= 11 is 0. The molecular formula is C16H19NO2. The molecule has 100 valence electrons. The van der Waals surface area contributed by atoms with Gasteiger partial charge < -0.3 is 14.8 Å². The molecule has 0 saturated carbocycles. The van der Waals surface area contributed by atoms with Crippen LogP contribution in [0.4, 0.5) is 0 Å². The van der Waals surface area contributed by atoms with Crippen LogP contribution in [0.25, 0.3) is 0 Å². The molecule has 0 aromatic heterocycles. The van der Waals surface area contributed by atoms with Gasteiger partial charge in [0.05, 0.1) is 7.11 Å². The van der Waals surface area contributed by atoms with Crippen LogP contribution in [-0.4, -0.2) is 13.7 Å². The average Bonchev–Trinajstić information content (AvgIpc) is 2.47. The van der Waals surface area contributed by atoms with Gasteiger partial charge in [0.25, 0.3) is 0 Å². The summed E-state index contributed by atoms with van der Waals surface area (Å²) in [7, 11) is 1.65. The maximum absolute atomic E-state index is 5.91. The van der Waals surface area contributed by atoms with E-state index in [2.05, 4.69) is 18.3 Å². The maximum Gasteiger partial charge on any atom is 0.131 e. The van der Waals surface area contributed by atoms with Gasteiger partial charge in [-0.3, -0.25) is 0 Å². The van der Waals surface area contributed by atoms with Crippen molar-refractivity contribution in [2.24, 2.45) is 0 Å². The van der Waals surface area contributed by atoms with Crippen LogP contribution in [0.2, 0.25) is 0 Å². The number of nitrogens with one attached hydrogen (secondary N) is 1. The van der Waals surface area contributed by atoms with Gasteiger partial charge in [-0.05, 0) is 36.9 Å². The Morgan fingerprint density at radius 3 is 2.32 bits per heavy atom. The summed E-state index contributed by atoms with van der Waals surface area (Å²) in [6, 6.07) is 15.6. The summed E-state index contributed by atoms with van der Waals surface area (Å²) in [4.78, 5) is 0. The fraction of sp³-hybridized carbons (Fsp3) is 0.250. The molecule has 0 atom stereocenters. The molecule has 3 nitrogen and oxygen atoms in total. The topological polar surface area (TPSA) is 30.5 Å². The molecule has 0 saturated heterocycles. The van der Waals surface area contributed by atoms with E-state index in [9.17, 15) is 0 Å². The van der Waals surface area contributed by atoms with E-state index in [-0.39, 0.29) is 0 Å². The number of benzene rings is 2. The predicted octanol–water partition coefficient (Wildman–Crippen LogP) is 3.60. The quantitative estimate of drug-likeness (QED) is 0.857. The SMILES string of the molecule is CCNCc1ccccc1Oc1ccc(OC)cc1. The van der Waals surface area contributed by atoms with E-state index in [4.69, 9.17) is 9.47 Å². The summed E-state index contributed by atoms with van der Waals surface area (Å²) in [6.45, 7) is 3.84. The number of para-hydroxylation sites is 1. The fourth-order valence-electron chi connectivity index (χ4n) is 1.78. The van der Waals surface area contributed by atoms with Gasteiger partial charge in [0.1, 0.15) is 17.2 Å². The molecule has 2 rings (SSSR count). The molecule has 0 aliphatic carbocycles. The van der Waals surface area contributed by atoms with Gasteiger partial charge in [0.2, 0.25) is 0 Å². The van der Waals surface area contributed by atoms with Crippen LogP contribution in [0, 0.1) is 0 Å². The highest BCUT2D eigenvalue weighted by molar-refractivity contribution is 5.39. The monoisotopic (exact) mass is 257 g/mol. The normalized spacial score (nSPS) is 10.2. The van der Waals surface area contributed by atoms with Gasteiger partial charge in [-0.25, -0.2) is 0 Å². The summed E-state index contributed by atoms with van der Waals surface area (Å²) in [5.41, 5.74) is 1.15. The van der Waals surface area contributed by atoms with Crippen LogP contribution in [0.3, 0.4) is 0 Å². The Kier molecular flexibility index (Phi) is 4.81. The van der Waals surface area contributed by atoms with Gasteiger partial charge in [-0.1, -0.05) is 25.1 Å². The zero-order valence-corrected chi connectivity index (χ0v) is 11.3. The molecule has 3 heteroatoms. The minimum Gasteiger partial charge on any atom is -0.497 e. The van der Waals surface area contributed by atoms with Crippen LogP contribution in [0.15, 0.2) is 48.5 Å². The molecule has 2 aromatic carbocycles. The molecule has 0 bridgehead atoms. The van der Waals surface area contributed by atoms with Crippen molar-refractivity contribution in [3.05, 3.63) is 54.1 Å².